The van der Waals surface area contributed by atoms with Crippen molar-refractivity contribution >= 4 is 29.6 Å². The van der Waals surface area contributed by atoms with Crippen molar-refractivity contribution in [2.24, 2.45) is 5.73 Å². The van der Waals surface area contributed by atoms with Crippen LogP contribution in [-0.4, -0.2) is 75.7 Å². The zero-order valence-electron chi connectivity index (χ0n) is 19.8. The van der Waals surface area contributed by atoms with Crippen LogP contribution in [0.15, 0.2) is 30.3 Å². The predicted octanol–water partition coefficient (Wildman–Crippen LogP) is 2.46. The molecular formula is C23H39N3O5S. The van der Waals surface area contributed by atoms with Crippen LogP contribution in [0.4, 0.5) is 0 Å². The Hall–Kier alpha value is -2.10. The Labute approximate surface area is 195 Å². The Balaban J connectivity index is 0.00000104. The minimum absolute atomic E-state index is 0.0166. The molecule has 32 heavy (non-hydrogen) atoms. The lowest BCUT2D eigenvalue weighted by atomic mass is 10.0. The molecule has 1 saturated heterocycles. The van der Waals surface area contributed by atoms with Gasteiger partial charge in [-0.1, -0.05) is 30.3 Å². The van der Waals surface area contributed by atoms with Crippen molar-refractivity contribution in [3.8, 4) is 0 Å². The minimum Gasteiger partial charge on any atom is -0.481 e. The number of piperidine rings is 1. The number of rotatable bonds is 7. The lowest BCUT2D eigenvalue weighted by molar-refractivity contribution is -0.135. The van der Waals surface area contributed by atoms with Crippen LogP contribution in [-0.2, 0) is 20.8 Å². The smallest absolute Gasteiger partial charge is 0.300 e. The van der Waals surface area contributed by atoms with E-state index >= 15 is 0 Å². The average Bonchev–Trinajstić information content (AvgIpc) is 2.72. The SMILES string of the molecule is CC(=O)O.CC(=O)O.CSC(C)(C)[C@H](N)C(=O)NC1CCN(CCc2ccccc2)CC1. The van der Waals surface area contributed by atoms with Crippen molar-refractivity contribution in [1.82, 2.24) is 10.2 Å². The van der Waals surface area contributed by atoms with E-state index in [0.29, 0.717) is 0 Å². The minimum atomic E-state index is -0.833. The fraction of sp³-hybridized carbons (Fsp3) is 0.609. The number of hydrogen-bond donors (Lipinski definition) is 4. The van der Waals surface area contributed by atoms with Crippen molar-refractivity contribution in [3.63, 3.8) is 0 Å². The van der Waals surface area contributed by atoms with Gasteiger partial charge in [0.1, 0.15) is 0 Å². The van der Waals surface area contributed by atoms with E-state index in [1.807, 2.05) is 20.1 Å². The van der Waals surface area contributed by atoms with Crippen LogP contribution in [0.25, 0.3) is 0 Å². The van der Waals surface area contributed by atoms with E-state index in [0.717, 1.165) is 52.7 Å². The fourth-order valence-electron chi connectivity index (χ4n) is 2.97. The van der Waals surface area contributed by atoms with E-state index in [2.05, 4.69) is 40.5 Å². The summed E-state index contributed by atoms with van der Waals surface area (Å²) in [6, 6.07) is 10.4. The van der Waals surface area contributed by atoms with Gasteiger partial charge in [0.05, 0.1) is 6.04 Å². The van der Waals surface area contributed by atoms with E-state index in [1.54, 1.807) is 11.8 Å². The fourth-order valence-corrected chi connectivity index (χ4v) is 3.33. The number of nitrogens with zero attached hydrogens (tertiary/aromatic N) is 1. The number of hydrogen-bond acceptors (Lipinski definition) is 6. The molecule has 1 fully saturated rings. The number of carbonyl (C=O) groups excluding carboxylic acids is 1. The molecule has 1 atom stereocenters. The van der Waals surface area contributed by atoms with Crippen LogP contribution >= 0.6 is 11.8 Å². The number of amides is 1. The summed E-state index contributed by atoms with van der Waals surface area (Å²) in [4.78, 5) is 32.8. The first kappa shape index (κ1) is 29.9. The highest BCUT2D eigenvalue weighted by atomic mass is 32.2. The second-order valence-electron chi connectivity index (χ2n) is 8.18. The maximum Gasteiger partial charge on any atom is 0.300 e. The highest BCUT2D eigenvalue weighted by Gasteiger charge is 2.32. The third-order valence-corrected chi connectivity index (χ3v) is 6.36. The van der Waals surface area contributed by atoms with E-state index in [4.69, 9.17) is 25.5 Å². The molecule has 0 unspecified atom stereocenters. The molecular weight excluding hydrogens is 430 g/mol. The Kier molecular flexibility index (Phi) is 14.6. The van der Waals surface area contributed by atoms with E-state index in [-0.39, 0.29) is 16.7 Å². The van der Waals surface area contributed by atoms with Crippen molar-refractivity contribution in [3.05, 3.63) is 35.9 Å². The van der Waals surface area contributed by atoms with Gasteiger partial charge in [0.25, 0.3) is 11.9 Å². The van der Waals surface area contributed by atoms with Crippen molar-refractivity contribution in [1.29, 1.82) is 0 Å². The molecule has 1 aromatic carbocycles. The van der Waals surface area contributed by atoms with Crippen LogP contribution in [0.1, 0.15) is 46.1 Å². The summed E-state index contributed by atoms with van der Waals surface area (Å²) in [6.07, 6.45) is 5.10. The van der Waals surface area contributed by atoms with Crippen LogP contribution < -0.4 is 11.1 Å². The first-order valence-corrected chi connectivity index (χ1v) is 11.9. The maximum absolute atomic E-state index is 12.3. The summed E-state index contributed by atoms with van der Waals surface area (Å²) in [6.45, 7) is 9.38. The number of carbonyl (C=O) groups is 3. The van der Waals surface area contributed by atoms with Gasteiger partial charge in [-0.2, -0.15) is 11.8 Å². The molecule has 182 valence electrons. The van der Waals surface area contributed by atoms with Crippen LogP contribution in [0.2, 0.25) is 0 Å². The van der Waals surface area contributed by atoms with Gasteiger partial charge in [-0.05, 0) is 44.9 Å². The number of carboxylic acid groups (broad SMARTS) is 2. The molecule has 1 amide bonds. The molecule has 0 spiro atoms. The summed E-state index contributed by atoms with van der Waals surface area (Å²) in [5, 5.41) is 18.0. The molecule has 1 aliphatic heterocycles. The highest BCUT2D eigenvalue weighted by molar-refractivity contribution is 8.00. The topological polar surface area (TPSA) is 133 Å². The van der Waals surface area contributed by atoms with Crippen LogP contribution in [0, 0.1) is 0 Å². The normalized spacial score (nSPS) is 15.3. The second-order valence-corrected chi connectivity index (χ2v) is 9.64. The van der Waals surface area contributed by atoms with Gasteiger partial charge in [0.2, 0.25) is 5.91 Å². The maximum atomic E-state index is 12.3. The van der Waals surface area contributed by atoms with Gasteiger partial charge in [0, 0.05) is 44.3 Å². The molecule has 1 aliphatic rings. The third kappa shape index (κ3) is 14.1. The molecule has 1 aromatic rings. The average molecular weight is 470 g/mol. The first-order valence-electron chi connectivity index (χ1n) is 10.7. The Morgan fingerprint density at radius 1 is 1.12 bits per heavy atom. The Morgan fingerprint density at radius 2 is 1.59 bits per heavy atom. The number of benzene rings is 1. The monoisotopic (exact) mass is 469 g/mol. The van der Waals surface area contributed by atoms with Gasteiger partial charge in [-0.3, -0.25) is 14.4 Å². The van der Waals surface area contributed by atoms with E-state index in [1.165, 1.54) is 5.56 Å². The number of carboxylic acids is 2. The third-order valence-electron chi connectivity index (χ3n) is 5.05. The second kappa shape index (κ2) is 15.7. The molecule has 8 nitrogen and oxygen atoms in total. The summed E-state index contributed by atoms with van der Waals surface area (Å²) in [5.41, 5.74) is 7.51. The molecule has 9 heteroatoms. The molecule has 5 N–H and O–H groups in total. The van der Waals surface area contributed by atoms with Crippen molar-refractivity contribution in [2.75, 3.05) is 25.9 Å². The zero-order valence-corrected chi connectivity index (χ0v) is 20.7. The number of likely N-dealkylation sites (tertiary alicyclic amines) is 1. The predicted molar refractivity (Wildman–Crippen MR) is 130 cm³/mol. The molecule has 0 aromatic heterocycles. The quantitative estimate of drug-likeness (QED) is 0.479. The molecule has 1 heterocycles. The summed E-state index contributed by atoms with van der Waals surface area (Å²) in [7, 11) is 0. The lowest BCUT2D eigenvalue weighted by Gasteiger charge is -2.34. The van der Waals surface area contributed by atoms with Gasteiger partial charge in [0.15, 0.2) is 0 Å². The molecule has 0 saturated carbocycles. The number of thioether (sulfide) groups is 1. The number of aliphatic carboxylic acids is 2. The van der Waals surface area contributed by atoms with Crippen molar-refractivity contribution in [2.45, 2.75) is 63.8 Å². The Bertz CT molecular complexity index is 672. The number of nitrogens with one attached hydrogen (secondary N) is 1. The van der Waals surface area contributed by atoms with Crippen molar-refractivity contribution < 1.29 is 24.6 Å². The lowest BCUT2D eigenvalue weighted by Crippen LogP contribution is -2.55. The number of nitrogens with two attached hydrogens (primary N) is 1. The highest BCUT2D eigenvalue weighted by Crippen LogP contribution is 2.24. The van der Waals surface area contributed by atoms with Crippen LogP contribution in [0.3, 0.4) is 0 Å². The first-order chi connectivity index (χ1) is 14.9. The largest absolute Gasteiger partial charge is 0.481 e. The van der Waals surface area contributed by atoms with Gasteiger partial charge in [-0.15, -0.1) is 0 Å². The van der Waals surface area contributed by atoms with Gasteiger partial charge in [-0.25, -0.2) is 0 Å². The summed E-state index contributed by atoms with van der Waals surface area (Å²) < 4.78 is -0.236. The molecule has 0 radical (unpaired) electrons. The molecule has 0 aliphatic carbocycles. The van der Waals surface area contributed by atoms with Gasteiger partial charge >= 0.3 is 0 Å². The molecule has 2 rings (SSSR count). The standard InChI is InChI=1S/C19H31N3OS.2C2H4O2/c1-19(2,24-3)17(20)18(23)21-16-10-13-22(14-11-16)12-9-15-7-5-4-6-8-15;2*1-2(3)4/h4-8,16-17H,9-14,20H2,1-3H3,(H,21,23);2*1H3,(H,3,4)/t17-;;/m1../s1. The van der Waals surface area contributed by atoms with E-state index < -0.39 is 18.0 Å². The summed E-state index contributed by atoms with van der Waals surface area (Å²) >= 11 is 1.64. The summed E-state index contributed by atoms with van der Waals surface area (Å²) in [5.74, 6) is -1.68. The Morgan fingerprint density at radius 3 is 2.03 bits per heavy atom. The zero-order chi connectivity index (χ0) is 24.7. The molecule has 0 bridgehead atoms. The van der Waals surface area contributed by atoms with E-state index in [9.17, 15) is 4.79 Å². The van der Waals surface area contributed by atoms with Crippen LogP contribution in [0.5, 0.6) is 0 Å². The van der Waals surface area contributed by atoms with Gasteiger partial charge < -0.3 is 26.2 Å².